The second kappa shape index (κ2) is 6.36. The Hall–Kier alpha value is -2.03. The molecule has 1 heterocycles. The summed E-state index contributed by atoms with van der Waals surface area (Å²) < 4.78 is 43.2. The minimum absolute atomic E-state index is 0.458. The molecule has 2 N–H and O–H groups in total. The van der Waals surface area contributed by atoms with Crippen LogP contribution in [0.25, 0.3) is 22.4 Å². The van der Waals surface area contributed by atoms with Crippen LogP contribution >= 0.6 is 15.9 Å². The van der Waals surface area contributed by atoms with Crippen molar-refractivity contribution in [3.8, 4) is 22.4 Å². The summed E-state index contributed by atoms with van der Waals surface area (Å²) in [6, 6.07) is 9.44. The Morgan fingerprint density at radius 1 is 1.12 bits per heavy atom. The fourth-order valence-electron chi connectivity index (χ4n) is 2.59. The maximum absolute atomic E-state index is 14.2. The van der Waals surface area contributed by atoms with Crippen molar-refractivity contribution in [2.24, 2.45) is 5.14 Å². The van der Waals surface area contributed by atoms with Crippen molar-refractivity contribution >= 4 is 26.0 Å². The van der Waals surface area contributed by atoms with E-state index in [9.17, 15) is 12.8 Å². The lowest BCUT2D eigenvalue weighted by Gasteiger charge is -2.07. The largest absolute Gasteiger partial charge is 0.360 e. The Morgan fingerprint density at radius 3 is 2.40 bits per heavy atom. The quantitative estimate of drug-likeness (QED) is 0.683. The van der Waals surface area contributed by atoms with Crippen LogP contribution in [-0.4, -0.2) is 13.6 Å². The fraction of sp³-hybridized carbons (Fsp3) is 0.118. The molecule has 8 heteroatoms. The van der Waals surface area contributed by atoms with Crippen LogP contribution in [0, 0.1) is 19.7 Å². The highest BCUT2D eigenvalue weighted by Gasteiger charge is 2.20. The van der Waals surface area contributed by atoms with Crippen molar-refractivity contribution in [3.63, 3.8) is 0 Å². The monoisotopic (exact) mass is 424 g/mol. The summed E-state index contributed by atoms with van der Waals surface area (Å²) in [5.74, 6) is -0.420. The number of aryl methyl sites for hydroxylation is 2. The van der Waals surface area contributed by atoms with Gasteiger partial charge in [-0.05, 0) is 49.2 Å². The molecule has 0 aliphatic rings. The van der Waals surface area contributed by atoms with Crippen LogP contribution in [0.15, 0.2) is 50.3 Å². The van der Waals surface area contributed by atoms with Crippen LogP contribution in [0.3, 0.4) is 0 Å². The molecule has 0 amide bonds. The number of rotatable bonds is 3. The summed E-state index contributed by atoms with van der Waals surface area (Å²) in [5, 5.41) is 9.08. The Kier molecular flexibility index (Phi) is 4.52. The molecule has 0 atom stereocenters. The molecule has 0 aliphatic heterocycles. The minimum Gasteiger partial charge on any atom is -0.360 e. The molecule has 0 aliphatic carbocycles. The second-order valence-corrected chi connectivity index (χ2v) is 8.00. The van der Waals surface area contributed by atoms with Crippen molar-refractivity contribution < 1.29 is 17.3 Å². The summed E-state index contributed by atoms with van der Waals surface area (Å²) in [6.45, 7) is 3.66. The number of aromatic nitrogens is 1. The molecule has 2 aromatic carbocycles. The third kappa shape index (κ3) is 3.37. The Balaban J connectivity index is 2.17. The molecule has 130 valence electrons. The summed E-state index contributed by atoms with van der Waals surface area (Å²) in [6.07, 6.45) is 0. The van der Waals surface area contributed by atoms with Gasteiger partial charge in [-0.25, -0.2) is 17.9 Å². The van der Waals surface area contributed by atoms with Gasteiger partial charge >= 0.3 is 0 Å². The molecule has 0 unspecified atom stereocenters. The van der Waals surface area contributed by atoms with Gasteiger partial charge in [0.1, 0.15) is 22.2 Å². The zero-order chi connectivity index (χ0) is 18.4. The zero-order valence-electron chi connectivity index (χ0n) is 13.4. The minimum atomic E-state index is -4.12. The molecule has 25 heavy (non-hydrogen) atoms. The first-order valence-electron chi connectivity index (χ1n) is 7.24. The van der Waals surface area contributed by atoms with Crippen molar-refractivity contribution in [2.75, 3.05) is 0 Å². The van der Waals surface area contributed by atoms with Gasteiger partial charge in [-0.15, -0.1) is 0 Å². The van der Waals surface area contributed by atoms with Gasteiger partial charge in [0.25, 0.3) is 0 Å². The number of sulfonamides is 1. The lowest BCUT2D eigenvalue weighted by atomic mass is 9.98. The summed E-state index contributed by atoms with van der Waals surface area (Å²) in [5.41, 5.74) is 3.43. The molecule has 3 aromatic rings. The highest BCUT2D eigenvalue weighted by molar-refractivity contribution is 9.10. The van der Waals surface area contributed by atoms with E-state index in [2.05, 4.69) is 21.1 Å². The summed E-state index contributed by atoms with van der Waals surface area (Å²) in [7, 11) is -4.12. The van der Waals surface area contributed by atoms with Crippen LogP contribution < -0.4 is 5.14 Å². The normalized spacial score (nSPS) is 11.7. The number of halogens is 2. The maximum atomic E-state index is 14.2. The van der Waals surface area contributed by atoms with Gasteiger partial charge < -0.3 is 4.52 Å². The molecule has 3 rings (SSSR count). The molecule has 0 saturated carbocycles. The van der Waals surface area contributed by atoms with E-state index in [0.29, 0.717) is 22.6 Å². The van der Waals surface area contributed by atoms with Crippen LogP contribution in [0.5, 0.6) is 0 Å². The van der Waals surface area contributed by atoms with Gasteiger partial charge in [0.05, 0.1) is 5.56 Å². The number of hydrogen-bond donors (Lipinski definition) is 1. The molecular formula is C17H14BrFN2O3S. The fourth-order valence-corrected chi connectivity index (χ4v) is 3.42. The second-order valence-electron chi connectivity index (χ2n) is 5.62. The summed E-state index contributed by atoms with van der Waals surface area (Å²) in [4.78, 5) is -0.550. The lowest BCUT2D eigenvalue weighted by molar-refractivity contribution is 0.400. The molecule has 0 spiro atoms. The molecule has 0 radical (unpaired) electrons. The average Bonchev–Trinajstić information content (AvgIpc) is 2.90. The van der Waals surface area contributed by atoms with E-state index in [0.717, 1.165) is 27.7 Å². The first-order valence-corrected chi connectivity index (χ1v) is 9.58. The van der Waals surface area contributed by atoms with Crippen LogP contribution in [0.4, 0.5) is 4.39 Å². The van der Waals surface area contributed by atoms with Crippen LogP contribution in [0.2, 0.25) is 0 Å². The number of nitrogens with zero attached hydrogens (tertiary/aromatic N) is 1. The molecular weight excluding hydrogens is 411 g/mol. The first kappa shape index (κ1) is 17.8. The van der Waals surface area contributed by atoms with Crippen molar-refractivity contribution in [1.82, 2.24) is 5.16 Å². The number of primary sulfonamides is 1. The molecule has 0 fully saturated rings. The number of hydrogen-bond acceptors (Lipinski definition) is 4. The van der Waals surface area contributed by atoms with Crippen LogP contribution in [0.1, 0.15) is 11.3 Å². The first-order chi connectivity index (χ1) is 11.7. The van der Waals surface area contributed by atoms with Gasteiger partial charge in [-0.1, -0.05) is 33.2 Å². The van der Waals surface area contributed by atoms with Crippen LogP contribution in [-0.2, 0) is 10.0 Å². The maximum Gasteiger partial charge on any atom is 0.240 e. The number of nitrogens with two attached hydrogens (primary N) is 1. The highest BCUT2D eigenvalue weighted by Crippen LogP contribution is 2.36. The third-order valence-electron chi connectivity index (χ3n) is 3.82. The van der Waals surface area contributed by atoms with Crippen molar-refractivity contribution in [1.29, 1.82) is 0 Å². The molecule has 1 aromatic heterocycles. The van der Waals surface area contributed by atoms with Crippen molar-refractivity contribution in [2.45, 2.75) is 18.7 Å². The van der Waals surface area contributed by atoms with Gasteiger partial charge in [-0.2, -0.15) is 0 Å². The van der Waals surface area contributed by atoms with Gasteiger partial charge in [0.2, 0.25) is 10.0 Å². The Bertz CT molecular complexity index is 1080. The smallest absolute Gasteiger partial charge is 0.240 e. The Morgan fingerprint density at radius 2 is 1.80 bits per heavy atom. The zero-order valence-corrected chi connectivity index (χ0v) is 15.8. The van der Waals surface area contributed by atoms with E-state index in [4.69, 9.17) is 9.66 Å². The SMILES string of the molecule is Cc1cc(-c2noc(C)c2-c2ccc(S(N)(=O)=O)c(F)c2)ccc1Br. The summed E-state index contributed by atoms with van der Waals surface area (Å²) >= 11 is 3.44. The van der Waals surface area contributed by atoms with E-state index in [1.807, 2.05) is 25.1 Å². The lowest BCUT2D eigenvalue weighted by Crippen LogP contribution is -2.13. The molecule has 0 bridgehead atoms. The topological polar surface area (TPSA) is 86.2 Å². The standard InChI is InChI=1S/C17H14BrFN2O3S/c1-9-7-12(3-5-13(9)18)17-16(10(2)24-21-17)11-4-6-15(14(19)8-11)25(20,22)23/h3-8H,1-2H3,(H2,20,22,23). The predicted octanol–water partition coefficient (Wildman–Crippen LogP) is 4.17. The van der Waals surface area contributed by atoms with Gasteiger partial charge in [-0.3, -0.25) is 0 Å². The van der Waals surface area contributed by atoms with Gasteiger partial charge in [0, 0.05) is 10.0 Å². The van der Waals surface area contributed by atoms with E-state index in [1.165, 1.54) is 6.07 Å². The van der Waals surface area contributed by atoms with Gasteiger partial charge in [0.15, 0.2) is 0 Å². The Labute approximate surface area is 152 Å². The average molecular weight is 425 g/mol. The third-order valence-corrected chi connectivity index (χ3v) is 5.66. The molecule has 0 saturated heterocycles. The van der Waals surface area contributed by atoms with E-state index < -0.39 is 20.7 Å². The number of benzene rings is 2. The predicted molar refractivity (Wildman–Crippen MR) is 95.9 cm³/mol. The molecule has 5 nitrogen and oxygen atoms in total. The van der Waals surface area contributed by atoms with E-state index >= 15 is 0 Å². The van der Waals surface area contributed by atoms with E-state index in [1.54, 1.807) is 6.92 Å². The van der Waals surface area contributed by atoms with E-state index in [-0.39, 0.29) is 0 Å². The highest BCUT2D eigenvalue weighted by atomic mass is 79.9. The van der Waals surface area contributed by atoms with Crippen molar-refractivity contribution in [3.05, 3.63) is 58.0 Å².